The maximum Gasteiger partial charge on any atom is -0.000697 e. The molecule has 0 atom stereocenters. The summed E-state index contributed by atoms with van der Waals surface area (Å²) in [4.78, 5) is 0. The highest BCUT2D eigenvalue weighted by molar-refractivity contribution is 6.46. The second-order valence-electron chi connectivity index (χ2n) is 17.5. The van der Waals surface area contributed by atoms with Gasteiger partial charge in [-0.3, -0.25) is 0 Å². The van der Waals surface area contributed by atoms with Crippen molar-refractivity contribution < 1.29 is 0 Å². The first-order valence-corrected chi connectivity index (χ1v) is 22.3. The van der Waals surface area contributed by atoms with E-state index in [9.17, 15) is 0 Å². The van der Waals surface area contributed by atoms with Crippen LogP contribution >= 0.6 is 0 Å². The summed E-state index contributed by atoms with van der Waals surface area (Å²) in [6.07, 6.45) is 0. The average Bonchev–Trinajstić information content (AvgIpc) is 3.87. The molecule has 0 bridgehead atoms. The molecule has 0 saturated heterocycles. The van der Waals surface area contributed by atoms with Gasteiger partial charge in [0.1, 0.15) is 0 Å². The molecular formula is C64H38. The number of hydrogen-bond acceptors (Lipinski definition) is 0. The van der Waals surface area contributed by atoms with Crippen LogP contribution in [0.3, 0.4) is 0 Å². The first kappa shape index (κ1) is 35.3. The minimum atomic E-state index is 1.21. The van der Waals surface area contributed by atoms with Crippen LogP contribution in [-0.2, 0) is 0 Å². The summed E-state index contributed by atoms with van der Waals surface area (Å²) in [5.74, 6) is 0. The molecule has 0 fully saturated rings. The highest BCUT2D eigenvalue weighted by Gasteiger charge is 2.27. The Bertz CT molecular complexity index is 4070. The second kappa shape index (κ2) is 13.6. The Hall–Kier alpha value is -8.32. The van der Waals surface area contributed by atoms with E-state index in [2.05, 4.69) is 231 Å². The van der Waals surface area contributed by atoms with Crippen LogP contribution in [0.2, 0.25) is 0 Å². The van der Waals surface area contributed by atoms with Crippen molar-refractivity contribution in [3.05, 3.63) is 231 Å². The van der Waals surface area contributed by atoms with E-state index in [4.69, 9.17) is 0 Å². The predicted molar refractivity (Wildman–Crippen MR) is 276 cm³/mol. The first-order valence-electron chi connectivity index (χ1n) is 22.3. The molecule has 0 nitrogen and oxygen atoms in total. The molecule has 0 radical (unpaired) electrons. The van der Waals surface area contributed by atoms with Crippen LogP contribution in [0.4, 0.5) is 0 Å². The van der Waals surface area contributed by atoms with Gasteiger partial charge in [-0.05, 0) is 178 Å². The van der Waals surface area contributed by atoms with Crippen molar-refractivity contribution in [2.75, 3.05) is 0 Å². The van der Waals surface area contributed by atoms with E-state index in [0.717, 1.165) is 0 Å². The van der Waals surface area contributed by atoms with Crippen molar-refractivity contribution in [1.82, 2.24) is 0 Å². The molecule has 0 unspecified atom stereocenters. The van der Waals surface area contributed by atoms with Crippen LogP contribution < -0.4 is 0 Å². The molecule has 0 amide bonds. The minimum Gasteiger partial charge on any atom is -0.0622 e. The molecule has 0 N–H and O–H groups in total. The van der Waals surface area contributed by atoms with E-state index in [1.54, 1.807) is 0 Å². The third-order valence-electron chi connectivity index (χ3n) is 14.1. The summed E-state index contributed by atoms with van der Waals surface area (Å²) in [5.41, 5.74) is 12.4. The monoisotopic (exact) mass is 806 g/mol. The molecule has 14 rings (SSSR count). The van der Waals surface area contributed by atoms with Crippen molar-refractivity contribution in [2.24, 2.45) is 0 Å². The normalized spacial score (nSPS) is 12.1. The summed E-state index contributed by atoms with van der Waals surface area (Å²) in [6.45, 7) is 0. The lowest BCUT2D eigenvalue weighted by Gasteiger charge is -2.19. The van der Waals surface area contributed by atoms with Crippen LogP contribution in [0.25, 0.3) is 142 Å². The van der Waals surface area contributed by atoms with Gasteiger partial charge in [0.15, 0.2) is 0 Å². The molecule has 0 saturated carbocycles. The quantitative estimate of drug-likeness (QED) is 0.152. The van der Waals surface area contributed by atoms with Crippen LogP contribution in [0.15, 0.2) is 231 Å². The average molecular weight is 807 g/mol. The predicted octanol–water partition coefficient (Wildman–Crippen LogP) is 18.1. The lowest BCUT2D eigenvalue weighted by Crippen LogP contribution is -1.91. The van der Waals surface area contributed by atoms with Gasteiger partial charge in [0.2, 0.25) is 0 Å². The van der Waals surface area contributed by atoms with E-state index < -0.39 is 0 Å². The molecule has 294 valence electrons. The van der Waals surface area contributed by atoms with Gasteiger partial charge < -0.3 is 0 Å². The van der Waals surface area contributed by atoms with Crippen molar-refractivity contribution in [3.8, 4) is 55.6 Å². The van der Waals surface area contributed by atoms with E-state index >= 15 is 0 Å². The van der Waals surface area contributed by atoms with E-state index in [1.165, 1.54) is 142 Å². The highest BCUT2D eigenvalue weighted by Crippen LogP contribution is 2.55. The zero-order valence-corrected chi connectivity index (χ0v) is 34.9. The maximum atomic E-state index is 2.53. The fraction of sp³-hybridized carbons (Fsp3) is 0. The summed E-state index contributed by atoms with van der Waals surface area (Å²) in [7, 11) is 0. The van der Waals surface area contributed by atoms with Gasteiger partial charge >= 0.3 is 0 Å². The Kier molecular flexibility index (Phi) is 7.49. The Morgan fingerprint density at radius 2 is 0.594 bits per heavy atom. The topological polar surface area (TPSA) is 0 Å². The zero-order valence-electron chi connectivity index (χ0n) is 34.9. The standard InChI is InChI=1S/C64H38/c1-5-17-39(18-6-1)45-33-46(40-19-7-2-8-20-40)35-47(34-45)43-31-32-44-37-56-61-51(54(44)36-43)28-16-30-53(61)63-58(41-21-9-3-10-22-41)57-38-55-49-26-14-13-25-48(49)50-27-15-29-52(60(50)55)62(57)59(64(56)63)42-23-11-4-12-24-42/h1-38H. The first-order chi connectivity index (χ1) is 31.8. The maximum absolute atomic E-state index is 2.53. The van der Waals surface area contributed by atoms with Gasteiger partial charge in [-0.2, -0.15) is 0 Å². The van der Waals surface area contributed by atoms with E-state index in [0.29, 0.717) is 0 Å². The van der Waals surface area contributed by atoms with Crippen molar-refractivity contribution in [2.45, 2.75) is 0 Å². The third-order valence-corrected chi connectivity index (χ3v) is 14.1. The largest absolute Gasteiger partial charge is 0.0622 e. The van der Waals surface area contributed by atoms with E-state index in [-0.39, 0.29) is 0 Å². The lowest BCUT2D eigenvalue weighted by atomic mass is 9.84. The number of rotatable bonds is 5. The minimum absolute atomic E-state index is 1.21. The fourth-order valence-electron chi connectivity index (χ4n) is 11.4. The van der Waals surface area contributed by atoms with Gasteiger partial charge in [-0.1, -0.05) is 194 Å². The molecule has 14 aromatic carbocycles. The second-order valence-corrected chi connectivity index (χ2v) is 17.5. The van der Waals surface area contributed by atoms with Crippen molar-refractivity contribution >= 4 is 86.2 Å². The van der Waals surface area contributed by atoms with Crippen LogP contribution in [0.5, 0.6) is 0 Å². The molecule has 0 aromatic heterocycles. The number of hydrogen-bond donors (Lipinski definition) is 0. The third kappa shape index (κ3) is 5.05. The van der Waals surface area contributed by atoms with Crippen LogP contribution in [0.1, 0.15) is 0 Å². The Labute approximate surface area is 370 Å². The van der Waals surface area contributed by atoms with Gasteiger partial charge in [-0.25, -0.2) is 0 Å². The molecule has 14 aromatic rings. The molecule has 0 spiro atoms. The SMILES string of the molecule is c1ccc(-c2cc(-c3ccccc3)cc(-c3ccc4cc5c6c(-c7ccccc7)c7c(cc8c9ccccc9c9cccc7c98)c(-c7ccccc7)c6c6cccc(c4c3)c65)c2)cc1. The molecule has 64 heavy (non-hydrogen) atoms. The van der Waals surface area contributed by atoms with Crippen LogP contribution in [-0.4, -0.2) is 0 Å². The highest BCUT2D eigenvalue weighted by atomic mass is 14.3. The number of benzene rings is 12. The molecule has 0 heterocycles. The van der Waals surface area contributed by atoms with Crippen molar-refractivity contribution in [1.29, 1.82) is 0 Å². The van der Waals surface area contributed by atoms with Gasteiger partial charge in [0, 0.05) is 0 Å². The fourth-order valence-corrected chi connectivity index (χ4v) is 11.4. The van der Waals surface area contributed by atoms with Gasteiger partial charge in [-0.15, -0.1) is 0 Å². The summed E-state index contributed by atoms with van der Waals surface area (Å²) in [6, 6.07) is 86.0. The molecule has 0 aliphatic carbocycles. The Morgan fingerprint density at radius 3 is 1.20 bits per heavy atom. The van der Waals surface area contributed by atoms with E-state index in [1.807, 2.05) is 0 Å². The lowest BCUT2D eigenvalue weighted by molar-refractivity contribution is 1.57. The van der Waals surface area contributed by atoms with Gasteiger partial charge in [0.05, 0.1) is 0 Å². The number of fused-ring (bicyclic) bond motifs is 10. The van der Waals surface area contributed by atoms with Crippen LogP contribution in [0, 0.1) is 0 Å². The van der Waals surface area contributed by atoms with Crippen molar-refractivity contribution in [3.63, 3.8) is 0 Å². The molecule has 0 aliphatic heterocycles. The summed E-state index contributed by atoms with van der Waals surface area (Å²) < 4.78 is 0. The molecular weight excluding hydrogens is 769 g/mol. The smallest absolute Gasteiger partial charge is 0.000697 e. The molecule has 0 heteroatoms. The van der Waals surface area contributed by atoms with Gasteiger partial charge in [0.25, 0.3) is 0 Å². The Morgan fingerprint density at radius 1 is 0.156 bits per heavy atom. The molecule has 0 aliphatic rings. The zero-order chi connectivity index (χ0) is 41.9. The Balaban J connectivity index is 1.13. The summed E-state index contributed by atoms with van der Waals surface area (Å²) in [5, 5.41) is 21.0. The summed E-state index contributed by atoms with van der Waals surface area (Å²) >= 11 is 0.